The van der Waals surface area contributed by atoms with Crippen LogP contribution < -0.4 is 10.1 Å². The number of ether oxygens (including phenoxy) is 2. The molecule has 0 aliphatic heterocycles. The first-order valence-corrected chi connectivity index (χ1v) is 8.75. The van der Waals surface area contributed by atoms with Crippen molar-refractivity contribution in [3.8, 4) is 5.75 Å². The van der Waals surface area contributed by atoms with Gasteiger partial charge in [-0.1, -0.05) is 30.4 Å². The van der Waals surface area contributed by atoms with Gasteiger partial charge >= 0.3 is 6.09 Å². The lowest BCUT2D eigenvalue weighted by atomic mass is 10.1. The number of carbonyl (C=O) groups excluding carboxylic acids is 1. The number of allylic oxidation sites excluding steroid dienone is 2. The van der Waals surface area contributed by atoms with Crippen LogP contribution in [0.15, 0.2) is 48.1 Å². The first kappa shape index (κ1) is 20.8. The van der Waals surface area contributed by atoms with E-state index in [0.29, 0.717) is 6.54 Å². The Balaban J connectivity index is 2.29. The molecule has 0 heterocycles. The quantitative estimate of drug-likeness (QED) is 0.530. The molecule has 1 aromatic carbocycles. The van der Waals surface area contributed by atoms with Crippen LogP contribution in [0.4, 0.5) is 4.79 Å². The smallest absolute Gasteiger partial charge is 0.407 e. The molecule has 4 nitrogen and oxygen atoms in total. The largest absolute Gasteiger partial charge is 0.497 e. The third-order valence-corrected chi connectivity index (χ3v) is 3.53. The van der Waals surface area contributed by atoms with Crippen molar-refractivity contribution in [2.45, 2.75) is 52.6 Å². The number of nitrogens with one attached hydrogen (secondary N) is 1. The summed E-state index contributed by atoms with van der Waals surface area (Å²) in [6.07, 6.45) is 8.93. The van der Waals surface area contributed by atoms with Gasteiger partial charge in [0.25, 0.3) is 0 Å². The summed E-state index contributed by atoms with van der Waals surface area (Å²) in [5.74, 6) is 0.888. The van der Waals surface area contributed by atoms with Crippen molar-refractivity contribution in [3.05, 3.63) is 53.6 Å². The number of aryl methyl sites for hydroxylation is 1. The molecule has 0 saturated heterocycles. The Labute approximate surface area is 151 Å². The van der Waals surface area contributed by atoms with Crippen LogP contribution in [0, 0.1) is 0 Å². The zero-order valence-corrected chi connectivity index (χ0v) is 16.1. The molecule has 0 unspecified atom stereocenters. The van der Waals surface area contributed by atoms with Crippen LogP contribution in [0.1, 0.15) is 46.1 Å². The van der Waals surface area contributed by atoms with E-state index in [0.717, 1.165) is 30.6 Å². The predicted octanol–water partition coefficient (Wildman–Crippen LogP) is 5.05. The molecule has 0 spiro atoms. The predicted molar refractivity (Wildman–Crippen MR) is 103 cm³/mol. The van der Waals surface area contributed by atoms with Crippen molar-refractivity contribution in [1.29, 1.82) is 0 Å². The van der Waals surface area contributed by atoms with Gasteiger partial charge in [-0.15, -0.1) is 0 Å². The van der Waals surface area contributed by atoms with Gasteiger partial charge < -0.3 is 14.8 Å². The Kier molecular flexibility index (Phi) is 8.82. The zero-order valence-electron chi connectivity index (χ0n) is 16.1. The van der Waals surface area contributed by atoms with Crippen LogP contribution in [0.3, 0.4) is 0 Å². The van der Waals surface area contributed by atoms with Gasteiger partial charge in [0.05, 0.1) is 7.11 Å². The normalized spacial score (nSPS) is 12.3. The number of hydrogen-bond acceptors (Lipinski definition) is 3. The lowest BCUT2D eigenvalue weighted by Gasteiger charge is -2.19. The number of carbonyl (C=O) groups is 1. The summed E-state index contributed by atoms with van der Waals surface area (Å²) in [5, 5.41) is 2.78. The number of benzene rings is 1. The Morgan fingerprint density at radius 1 is 1.20 bits per heavy atom. The van der Waals surface area contributed by atoms with Crippen LogP contribution in [0.5, 0.6) is 5.75 Å². The Hall–Kier alpha value is -2.23. The molecule has 138 valence electrons. The summed E-state index contributed by atoms with van der Waals surface area (Å²) in [4.78, 5) is 11.7. The molecule has 0 bridgehead atoms. The summed E-state index contributed by atoms with van der Waals surface area (Å²) < 4.78 is 10.4. The fraction of sp³-hybridized carbons (Fsp3) is 0.476. The number of alkyl carbamates (subject to hydrolysis) is 1. The number of rotatable bonds is 8. The first-order valence-electron chi connectivity index (χ1n) is 8.75. The minimum atomic E-state index is -0.475. The van der Waals surface area contributed by atoms with E-state index >= 15 is 0 Å². The Morgan fingerprint density at radius 3 is 2.44 bits per heavy atom. The fourth-order valence-electron chi connectivity index (χ4n) is 2.20. The highest BCUT2D eigenvalue weighted by Gasteiger charge is 2.15. The summed E-state index contributed by atoms with van der Waals surface area (Å²) in [6, 6.07) is 8.19. The topological polar surface area (TPSA) is 47.6 Å². The fourth-order valence-corrected chi connectivity index (χ4v) is 2.20. The average molecular weight is 345 g/mol. The maximum atomic E-state index is 11.7. The number of hydrogen-bond donors (Lipinski definition) is 1. The van der Waals surface area contributed by atoms with E-state index in [9.17, 15) is 4.79 Å². The van der Waals surface area contributed by atoms with Gasteiger partial charge in [-0.05, 0) is 70.2 Å². The Bertz CT molecular complexity index is 580. The number of unbranched alkanes of at least 4 members (excludes halogenated alkanes) is 1. The highest BCUT2D eigenvalue weighted by atomic mass is 16.6. The van der Waals surface area contributed by atoms with E-state index in [1.54, 1.807) is 7.11 Å². The minimum absolute atomic E-state index is 0.389. The molecular formula is C21H31NO3. The summed E-state index contributed by atoms with van der Waals surface area (Å²) in [5.41, 5.74) is 1.90. The molecule has 0 aliphatic rings. The molecule has 0 fully saturated rings. The molecule has 25 heavy (non-hydrogen) atoms. The van der Waals surface area contributed by atoms with Crippen molar-refractivity contribution in [1.82, 2.24) is 5.32 Å². The maximum absolute atomic E-state index is 11.7. The van der Waals surface area contributed by atoms with Crippen LogP contribution in [-0.2, 0) is 11.2 Å². The number of amides is 1. The van der Waals surface area contributed by atoms with Crippen LogP contribution >= 0.6 is 0 Å². The highest BCUT2D eigenvalue weighted by Crippen LogP contribution is 2.13. The molecule has 0 aromatic heterocycles. The third-order valence-electron chi connectivity index (χ3n) is 3.53. The Morgan fingerprint density at radius 2 is 1.88 bits per heavy atom. The molecule has 0 radical (unpaired) electrons. The van der Waals surface area contributed by atoms with Gasteiger partial charge in [0.15, 0.2) is 0 Å². The van der Waals surface area contributed by atoms with Crippen molar-refractivity contribution >= 4 is 6.09 Å². The van der Waals surface area contributed by atoms with Gasteiger partial charge in [0.1, 0.15) is 11.4 Å². The zero-order chi connectivity index (χ0) is 18.7. The van der Waals surface area contributed by atoms with E-state index in [4.69, 9.17) is 9.47 Å². The first-order chi connectivity index (χ1) is 11.8. The van der Waals surface area contributed by atoms with E-state index in [1.165, 1.54) is 5.56 Å². The number of methoxy groups -OCH3 is 1. The summed E-state index contributed by atoms with van der Waals surface area (Å²) >= 11 is 0. The second kappa shape index (κ2) is 10.6. The molecule has 0 atom stereocenters. The second-order valence-electron chi connectivity index (χ2n) is 6.86. The van der Waals surface area contributed by atoms with E-state index in [1.807, 2.05) is 45.9 Å². The van der Waals surface area contributed by atoms with Crippen molar-refractivity contribution in [3.63, 3.8) is 0 Å². The van der Waals surface area contributed by atoms with Crippen LogP contribution in [-0.4, -0.2) is 25.3 Å². The molecule has 0 aliphatic carbocycles. The summed E-state index contributed by atoms with van der Waals surface area (Å²) in [7, 11) is 1.68. The third kappa shape index (κ3) is 9.60. The van der Waals surface area contributed by atoms with Crippen molar-refractivity contribution in [2.75, 3.05) is 13.7 Å². The maximum Gasteiger partial charge on any atom is 0.407 e. The van der Waals surface area contributed by atoms with Gasteiger partial charge in [-0.2, -0.15) is 0 Å². The summed E-state index contributed by atoms with van der Waals surface area (Å²) in [6.45, 7) is 8.00. The minimum Gasteiger partial charge on any atom is -0.497 e. The lowest BCUT2D eigenvalue weighted by Crippen LogP contribution is -2.33. The van der Waals surface area contributed by atoms with Gasteiger partial charge in [-0.3, -0.25) is 0 Å². The van der Waals surface area contributed by atoms with E-state index in [-0.39, 0.29) is 6.09 Å². The van der Waals surface area contributed by atoms with E-state index < -0.39 is 5.60 Å². The van der Waals surface area contributed by atoms with Gasteiger partial charge in [0.2, 0.25) is 0 Å². The monoisotopic (exact) mass is 345 g/mol. The standard InChI is InChI=1S/C21H31NO3/c1-6-17(16-22-20(23)25-21(2,3)4)10-8-7-9-11-18-12-14-19(24-5)15-13-18/h6,8,10,12-15H,7,9,11,16H2,1-5H3,(H,22,23)/b10-8-,17-6+. The molecule has 4 heteroatoms. The lowest BCUT2D eigenvalue weighted by molar-refractivity contribution is 0.0533. The molecule has 0 saturated carbocycles. The molecule has 1 amide bonds. The average Bonchev–Trinajstić information content (AvgIpc) is 2.56. The van der Waals surface area contributed by atoms with Crippen molar-refractivity contribution < 1.29 is 14.3 Å². The SMILES string of the molecule is C/C=C(\C=C/CCCc1ccc(OC)cc1)CNC(=O)OC(C)(C)C. The highest BCUT2D eigenvalue weighted by molar-refractivity contribution is 5.68. The molecular weight excluding hydrogens is 314 g/mol. The second-order valence-corrected chi connectivity index (χ2v) is 6.86. The van der Waals surface area contributed by atoms with Gasteiger partial charge in [0, 0.05) is 6.54 Å². The molecule has 1 aromatic rings. The molecule has 1 rings (SSSR count). The molecule has 1 N–H and O–H groups in total. The van der Waals surface area contributed by atoms with Crippen LogP contribution in [0.25, 0.3) is 0 Å². The van der Waals surface area contributed by atoms with Gasteiger partial charge in [-0.25, -0.2) is 4.79 Å². The van der Waals surface area contributed by atoms with Crippen LogP contribution in [0.2, 0.25) is 0 Å². The van der Waals surface area contributed by atoms with E-state index in [2.05, 4.69) is 29.6 Å². The van der Waals surface area contributed by atoms with Crippen molar-refractivity contribution in [2.24, 2.45) is 0 Å².